The minimum absolute atomic E-state index is 0.0942. The fourth-order valence-corrected chi connectivity index (χ4v) is 11.3. The minimum atomic E-state index is -0.542. The molecule has 12 rings (SSSR count). The van der Waals surface area contributed by atoms with E-state index in [-0.39, 0.29) is 17.9 Å². The van der Waals surface area contributed by atoms with Gasteiger partial charge in [-0.15, -0.1) is 0 Å². The molecule has 4 amide bonds. The summed E-state index contributed by atoms with van der Waals surface area (Å²) >= 11 is 0. The van der Waals surface area contributed by atoms with Crippen LogP contribution in [-0.4, -0.2) is 172 Å². The number of carbonyl (C=O) groups is 3. The van der Waals surface area contributed by atoms with Crippen molar-refractivity contribution in [2.75, 3.05) is 120 Å². The summed E-state index contributed by atoms with van der Waals surface area (Å²) in [5.41, 5.74) is 6.05. The summed E-state index contributed by atoms with van der Waals surface area (Å²) in [5, 5.41) is 19.8. The molecule has 0 spiro atoms. The van der Waals surface area contributed by atoms with Crippen LogP contribution >= 0.6 is 0 Å². The Hall–Kier alpha value is -8.37. The van der Waals surface area contributed by atoms with Crippen LogP contribution in [0.3, 0.4) is 0 Å². The number of Topliss-reactive ketones (excluding diaryl/α,β-unsaturated/α-hetero) is 1. The number of hydrazine groups is 1. The Morgan fingerprint density at radius 2 is 1.06 bits per heavy atom. The first-order chi connectivity index (χ1) is 39.2. The van der Waals surface area contributed by atoms with Crippen molar-refractivity contribution in [3.05, 3.63) is 133 Å². The number of likely N-dealkylation sites (tertiary alicyclic amines) is 2. The van der Waals surface area contributed by atoms with E-state index >= 15 is 0 Å². The molecule has 0 atom stereocenters. The molecule has 2 N–H and O–H groups in total. The van der Waals surface area contributed by atoms with E-state index in [9.17, 15) is 14.4 Å². The zero-order valence-electron chi connectivity index (χ0n) is 45.2. The Bertz CT molecular complexity index is 3440. The van der Waals surface area contributed by atoms with E-state index in [2.05, 4.69) is 65.2 Å². The highest BCUT2D eigenvalue weighted by Crippen LogP contribution is 2.35. The molecule has 4 aromatic carbocycles. The fourth-order valence-electron chi connectivity index (χ4n) is 11.3. The summed E-state index contributed by atoms with van der Waals surface area (Å²) in [6.45, 7) is 9.91. The smallest absolute Gasteiger partial charge is 0.340 e. The van der Waals surface area contributed by atoms with E-state index in [4.69, 9.17) is 39.6 Å². The summed E-state index contributed by atoms with van der Waals surface area (Å²) in [7, 11) is 3.07. The topological polar surface area (TPSA) is 200 Å². The first-order valence-corrected chi connectivity index (χ1v) is 27.7. The lowest BCUT2D eigenvalue weighted by atomic mass is 10.0. The molecular formula is C59H66N16O5. The highest BCUT2D eigenvalue weighted by Gasteiger charge is 2.30. The van der Waals surface area contributed by atoms with Gasteiger partial charge < -0.3 is 29.9 Å². The number of nitrogens with one attached hydrogen (secondary N) is 2. The molecule has 8 heterocycles. The molecule has 412 valence electrons. The molecule has 21 heteroatoms. The Morgan fingerprint density at radius 3 is 1.57 bits per heavy atom. The van der Waals surface area contributed by atoms with Gasteiger partial charge in [0.2, 0.25) is 0 Å². The molecule has 0 unspecified atom stereocenters. The third-order valence-electron chi connectivity index (χ3n) is 15.8. The van der Waals surface area contributed by atoms with Gasteiger partial charge in [-0.2, -0.15) is 15.2 Å². The monoisotopic (exact) mass is 1080 g/mol. The molecule has 21 nitrogen and oxygen atoms in total. The van der Waals surface area contributed by atoms with Crippen LogP contribution in [0, 0.1) is 0 Å². The second-order valence-electron chi connectivity index (χ2n) is 20.8. The van der Waals surface area contributed by atoms with Crippen molar-refractivity contribution in [1.82, 2.24) is 59.6 Å². The van der Waals surface area contributed by atoms with Crippen molar-refractivity contribution in [3.8, 4) is 22.8 Å². The molecule has 4 aliphatic rings. The molecule has 4 aliphatic heterocycles. The quantitative estimate of drug-likeness (QED) is 0.0846. The average Bonchev–Trinajstić information content (AvgIpc) is 4.16. The fraction of sp³-hybridized carbons (Fsp3) is 0.373. The number of fused-ring (bicyclic) bond motifs is 2. The summed E-state index contributed by atoms with van der Waals surface area (Å²) in [5.74, 6) is 2.80. The summed E-state index contributed by atoms with van der Waals surface area (Å²) in [6, 6.07) is 34.0. The predicted octanol–water partition coefficient (Wildman–Crippen LogP) is 7.55. The number of carbonyl (C=O) groups excluding carboxylic acids is 3. The Balaban J connectivity index is 0.750. The van der Waals surface area contributed by atoms with Gasteiger partial charge in [-0.25, -0.2) is 43.9 Å². The zero-order chi connectivity index (χ0) is 54.5. The van der Waals surface area contributed by atoms with Crippen LogP contribution in [0.4, 0.5) is 32.6 Å². The molecule has 4 fully saturated rings. The van der Waals surface area contributed by atoms with Gasteiger partial charge in [-0.1, -0.05) is 60.7 Å². The van der Waals surface area contributed by atoms with Crippen molar-refractivity contribution in [2.24, 2.45) is 0 Å². The van der Waals surface area contributed by atoms with Crippen molar-refractivity contribution in [3.63, 3.8) is 0 Å². The average molecular weight is 1080 g/mol. The van der Waals surface area contributed by atoms with E-state index in [0.717, 1.165) is 109 Å². The SMILES string of the molecule is CNC(=O)N(c1ccc(-c2nc(N3CCOCC3)c3cnn(C4CCN(Cc5ccccc5)CC4)c3n2)cc1)N(C)C(=O)Nc1ccc(-c2nc(N3CCOCC3)c3cnn(C4CCN(CC(=O)c5ccccc5)CC4)c3n2)cc1. The van der Waals surface area contributed by atoms with Crippen molar-refractivity contribution < 1.29 is 23.9 Å². The van der Waals surface area contributed by atoms with Gasteiger partial charge in [0.1, 0.15) is 11.6 Å². The van der Waals surface area contributed by atoms with Crippen LogP contribution in [0.25, 0.3) is 44.8 Å². The van der Waals surface area contributed by atoms with Gasteiger partial charge in [0.25, 0.3) is 0 Å². The molecule has 0 bridgehead atoms. The molecule has 0 aliphatic carbocycles. The number of piperidine rings is 2. The Labute approximate surface area is 464 Å². The van der Waals surface area contributed by atoms with Crippen LogP contribution in [0.2, 0.25) is 0 Å². The van der Waals surface area contributed by atoms with E-state index in [1.165, 1.54) is 22.6 Å². The van der Waals surface area contributed by atoms with Crippen LogP contribution in [0.1, 0.15) is 53.7 Å². The van der Waals surface area contributed by atoms with Gasteiger partial charge >= 0.3 is 12.1 Å². The second-order valence-corrected chi connectivity index (χ2v) is 20.8. The van der Waals surface area contributed by atoms with Gasteiger partial charge in [0, 0.05) is 95.4 Å². The Kier molecular flexibility index (Phi) is 15.4. The van der Waals surface area contributed by atoms with E-state index in [1.807, 2.05) is 71.7 Å². The third kappa shape index (κ3) is 11.1. The number of benzene rings is 4. The van der Waals surface area contributed by atoms with Gasteiger partial charge in [-0.3, -0.25) is 14.6 Å². The number of ether oxygens (including phenoxy) is 2. The number of anilines is 4. The van der Waals surface area contributed by atoms with Crippen molar-refractivity contribution >= 4 is 62.9 Å². The van der Waals surface area contributed by atoms with Crippen molar-refractivity contribution in [2.45, 2.75) is 44.3 Å². The third-order valence-corrected chi connectivity index (χ3v) is 15.8. The Morgan fingerprint density at radius 1 is 0.575 bits per heavy atom. The van der Waals surface area contributed by atoms with Crippen molar-refractivity contribution in [1.29, 1.82) is 0 Å². The van der Waals surface area contributed by atoms with Crippen LogP contribution in [0.15, 0.2) is 122 Å². The highest BCUT2D eigenvalue weighted by molar-refractivity contribution is 5.99. The number of morpholine rings is 2. The largest absolute Gasteiger partial charge is 0.378 e. The standard InChI is InChI=1S/C59H66N16O5/c1-60-58(77)75(48-19-15-44(16-20-48)53-65-55(72-31-35-80-36-32-72)50-38-61-73(57(50)67-53)46-21-25-69(26-22-46)39-41-9-5-3-6-10-41)68(2)59(78)63-45-17-13-43(14-18-45)52-64-54(71-29-33-79-34-30-71)49-37-62-74(56(49)66-52)47-23-27-70(28-24-47)40-51(76)42-11-7-4-8-12-42/h3-20,37-38,46-47H,21-36,39-40H2,1-2H3,(H,60,77)(H,63,78). The maximum Gasteiger partial charge on any atom is 0.340 e. The van der Waals surface area contributed by atoms with Gasteiger partial charge in [0.15, 0.2) is 28.7 Å². The molecule has 80 heavy (non-hydrogen) atoms. The molecular weight excluding hydrogens is 1010 g/mol. The summed E-state index contributed by atoms with van der Waals surface area (Å²) < 4.78 is 15.6. The number of amides is 4. The second kappa shape index (κ2) is 23.5. The van der Waals surface area contributed by atoms with Gasteiger partial charge in [0.05, 0.1) is 73.9 Å². The maximum atomic E-state index is 14.1. The predicted molar refractivity (Wildman–Crippen MR) is 307 cm³/mol. The highest BCUT2D eigenvalue weighted by atomic mass is 16.5. The molecule has 0 saturated carbocycles. The maximum absolute atomic E-state index is 14.1. The molecule has 4 aromatic heterocycles. The number of rotatable bonds is 13. The van der Waals surface area contributed by atoms with Crippen LogP contribution in [0.5, 0.6) is 0 Å². The molecule has 0 radical (unpaired) electrons. The molecule has 4 saturated heterocycles. The first kappa shape index (κ1) is 52.3. The zero-order valence-corrected chi connectivity index (χ0v) is 45.2. The van der Waals surface area contributed by atoms with E-state index in [1.54, 1.807) is 31.3 Å². The number of urea groups is 2. The molecule has 8 aromatic rings. The van der Waals surface area contributed by atoms with Gasteiger partial charge in [-0.05, 0) is 79.8 Å². The van der Waals surface area contributed by atoms with E-state index in [0.29, 0.717) is 82.2 Å². The lowest BCUT2D eigenvalue weighted by Crippen LogP contribution is -2.52. The summed E-state index contributed by atoms with van der Waals surface area (Å²) in [4.78, 5) is 70.5. The lowest BCUT2D eigenvalue weighted by molar-refractivity contribution is 0.0896. The summed E-state index contributed by atoms with van der Waals surface area (Å²) in [6.07, 6.45) is 7.31. The minimum Gasteiger partial charge on any atom is -0.378 e. The van der Waals surface area contributed by atoms with E-state index < -0.39 is 12.1 Å². The van der Waals surface area contributed by atoms with Crippen LogP contribution in [-0.2, 0) is 16.0 Å². The lowest BCUT2D eigenvalue weighted by Gasteiger charge is -2.32. The normalized spacial score (nSPS) is 17.0. The number of hydrogen-bond donors (Lipinski definition) is 2. The van der Waals surface area contributed by atoms with Crippen LogP contribution < -0.4 is 25.4 Å². The number of nitrogens with zero attached hydrogens (tertiary/aromatic N) is 14. The number of aromatic nitrogens is 8. The number of ketones is 1. The first-order valence-electron chi connectivity index (χ1n) is 27.7. The number of hydrogen-bond acceptors (Lipinski definition) is 15.